The Morgan fingerprint density at radius 3 is 1.83 bits per heavy atom. The lowest BCUT2D eigenvalue weighted by atomic mass is 9.76. The first-order valence-electron chi connectivity index (χ1n) is 10.1. The number of rotatable bonds is 5. The molecule has 0 saturated heterocycles. The Bertz CT molecular complexity index is 988. The van der Waals surface area contributed by atoms with Crippen LogP contribution in [-0.2, 0) is 6.61 Å². The Kier molecular flexibility index (Phi) is 6.07. The van der Waals surface area contributed by atoms with Gasteiger partial charge in [-0.05, 0) is 78.5 Å². The molecule has 0 heterocycles. The Labute approximate surface area is 173 Å². The van der Waals surface area contributed by atoms with Gasteiger partial charge in [0.2, 0.25) is 0 Å². The van der Waals surface area contributed by atoms with Gasteiger partial charge in [-0.15, -0.1) is 0 Å². The number of benzene rings is 3. The van der Waals surface area contributed by atoms with Gasteiger partial charge in [0, 0.05) is 0 Å². The highest BCUT2D eigenvalue weighted by atomic mass is 19.2. The van der Waals surface area contributed by atoms with Crippen molar-refractivity contribution < 1.29 is 22.3 Å². The zero-order chi connectivity index (χ0) is 21.1. The molecule has 3 aromatic carbocycles. The molecule has 0 amide bonds. The van der Waals surface area contributed by atoms with Crippen molar-refractivity contribution >= 4 is 0 Å². The lowest BCUT2D eigenvalue weighted by Gasteiger charge is -2.29. The highest BCUT2D eigenvalue weighted by molar-refractivity contribution is 5.34. The first-order chi connectivity index (χ1) is 14.5. The van der Waals surface area contributed by atoms with Crippen molar-refractivity contribution in [2.75, 3.05) is 0 Å². The van der Waals surface area contributed by atoms with Crippen molar-refractivity contribution in [1.82, 2.24) is 0 Å². The van der Waals surface area contributed by atoms with Crippen molar-refractivity contribution in [2.24, 2.45) is 0 Å². The van der Waals surface area contributed by atoms with E-state index < -0.39 is 29.0 Å². The summed E-state index contributed by atoms with van der Waals surface area (Å²) in [6, 6.07) is 16.2. The molecule has 1 fully saturated rings. The van der Waals surface area contributed by atoms with Crippen molar-refractivity contribution in [3.63, 3.8) is 0 Å². The predicted molar refractivity (Wildman–Crippen MR) is 107 cm³/mol. The molecular weight excluding hydrogens is 392 g/mol. The van der Waals surface area contributed by atoms with Crippen LogP contribution in [0.25, 0.3) is 0 Å². The maximum atomic E-state index is 14.6. The minimum Gasteiger partial charge on any atom is -0.483 e. The van der Waals surface area contributed by atoms with Gasteiger partial charge in [0.05, 0.1) is 0 Å². The fourth-order valence-electron chi connectivity index (χ4n) is 4.22. The fourth-order valence-corrected chi connectivity index (χ4v) is 4.22. The molecule has 0 unspecified atom stereocenters. The zero-order valence-corrected chi connectivity index (χ0v) is 16.4. The monoisotopic (exact) mass is 414 g/mol. The van der Waals surface area contributed by atoms with E-state index in [4.69, 9.17) is 4.74 Å². The van der Waals surface area contributed by atoms with Crippen molar-refractivity contribution in [3.05, 3.63) is 101 Å². The summed E-state index contributed by atoms with van der Waals surface area (Å²) in [6.45, 7) is -0.257. The second kappa shape index (κ2) is 8.90. The molecule has 1 nitrogen and oxygen atoms in total. The van der Waals surface area contributed by atoms with Gasteiger partial charge in [-0.1, -0.05) is 36.4 Å². The van der Waals surface area contributed by atoms with Crippen LogP contribution in [0.3, 0.4) is 0 Å². The van der Waals surface area contributed by atoms with Gasteiger partial charge in [0.15, 0.2) is 29.0 Å². The number of hydrogen-bond acceptors (Lipinski definition) is 1. The molecule has 0 atom stereocenters. The molecule has 0 aromatic heterocycles. The van der Waals surface area contributed by atoms with E-state index in [0.29, 0.717) is 11.5 Å². The van der Waals surface area contributed by atoms with Crippen LogP contribution in [-0.4, -0.2) is 0 Å². The summed E-state index contributed by atoms with van der Waals surface area (Å²) < 4.78 is 60.6. The third kappa shape index (κ3) is 4.50. The van der Waals surface area contributed by atoms with Crippen LogP contribution >= 0.6 is 0 Å². The van der Waals surface area contributed by atoms with E-state index in [1.807, 2.05) is 18.2 Å². The van der Waals surface area contributed by atoms with Crippen LogP contribution in [0, 0.1) is 23.3 Å². The van der Waals surface area contributed by atoms with Gasteiger partial charge in [-0.25, -0.2) is 17.6 Å². The standard InChI is InChI=1S/C25H22F4O/c26-21-11-6-16(12-22(21)27)15-30-25-23(28)13-20(14-24(25)29)19-9-7-18(8-10-19)17-4-2-1-3-5-17/h1-6,11-14,18-19H,7-10,15H2. The van der Waals surface area contributed by atoms with Gasteiger partial charge in [-0.2, -0.15) is 0 Å². The quantitative estimate of drug-likeness (QED) is 0.399. The van der Waals surface area contributed by atoms with Crippen LogP contribution in [0.4, 0.5) is 17.6 Å². The average Bonchev–Trinajstić information content (AvgIpc) is 2.76. The van der Waals surface area contributed by atoms with Gasteiger partial charge < -0.3 is 4.74 Å². The molecule has 5 heteroatoms. The van der Waals surface area contributed by atoms with Crippen LogP contribution in [0.2, 0.25) is 0 Å². The first-order valence-corrected chi connectivity index (χ1v) is 10.1. The molecule has 3 aromatic rings. The van der Waals surface area contributed by atoms with E-state index in [1.54, 1.807) is 0 Å². The Hall–Kier alpha value is -2.82. The number of halogens is 4. The van der Waals surface area contributed by atoms with Gasteiger partial charge in [0.1, 0.15) is 6.61 Å². The molecule has 1 saturated carbocycles. The summed E-state index contributed by atoms with van der Waals surface area (Å²) in [5.41, 5.74) is 2.24. The summed E-state index contributed by atoms with van der Waals surface area (Å²) in [6.07, 6.45) is 3.69. The minimum atomic E-state index is -1.03. The first kappa shape index (κ1) is 20.5. The molecule has 30 heavy (non-hydrogen) atoms. The summed E-state index contributed by atoms with van der Waals surface area (Å²) in [7, 11) is 0. The Morgan fingerprint density at radius 1 is 0.633 bits per heavy atom. The van der Waals surface area contributed by atoms with Gasteiger partial charge >= 0.3 is 0 Å². The van der Waals surface area contributed by atoms with E-state index in [1.165, 1.54) is 23.8 Å². The maximum absolute atomic E-state index is 14.6. The predicted octanol–water partition coefficient (Wildman–Crippen LogP) is 7.26. The lowest BCUT2D eigenvalue weighted by Crippen LogP contribution is -2.13. The molecule has 0 N–H and O–H groups in total. The fraction of sp³-hybridized carbons (Fsp3) is 0.280. The third-order valence-electron chi connectivity index (χ3n) is 5.86. The van der Waals surface area contributed by atoms with Crippen LogP contribution < -0.4 is 4.74 Å². The van der Waals surface area contributed by atoms with Crippen LogP contribution in [0.1, 0.15) is 54.2 Å². The second-order valence-corrected chi connectivity index (χ2v) is 7.81. The summed E-state index contributed by atoms with van der Waals surface area (Å²) >= 11 is 0. The molecule has 156 valence electrons. The van der Waals surface area contributed by atoms with E-state index in [0.717, 1.165) is 37.8 Å². The zero-order valence-electron chi connectivity index (χ0n) is 16.4. The average molecular weight is 414 g/mol. The molecule has 0 aliphatic heterocycles. The van der Waals surface area contributed by atoms with Crippen molar-refractivity contribution in [2.45, 2.75) is 44.1 Å². The molecule has 4 rings (SSSR count). The third-order valence-corrected chi connectivity index (χ3v) is 5.86. The topological polar surface area (TPSA) is 9.23 Å². The molecular formula is C25H22F4O. The maximum Gasteiger partial charge on any atom is 0.191 e. The van der Waals surface area contributed by atoms with E-state index in [-0.39, 0.29) is 18.1 Å². The van der Waals surface area contributed by atoms with Crippen LogP contribution in [0.5, 0.6) is 5.75 Å². The molecule has 0 radical (unpaired) electrons. The molecule has 1 aliphatic rings. The van der Waals surface area contributed by atoms with E-state index >= 15 is 0 Å². The summed E-state index contributed by atoms with van der Waals surface area (Å²) in [5, 5.41) is 0. The summed E-state index contributed by atoms with van der Waals surface area (Å²) in [4.78, 5) is 0. The highest BCUT2D eigenvalue weighted by Gasteiger charge is 2.25. The highest BCUT2D eigenvalue weighted by Crippen LogP contribution is 2.41. The Balaban J connectivity index is 1.42. The van der Waals surface area contributed by atoms with Crippen molar-refractivity contribution in [3.8, 4) is 5.75 Å². The van der Waals surface area contributed by atoms with Crippen molar-refractivity contribution in [1.29, 1.82) is 0 Å². The SMILES string of the molecule is Fc1ccc(COc2c(F)cc(C3CCC(c4ccccc4)CC3)cc2F)cc1F. The minimum absolute atomic E-state index is 0.106. The van der Waals surface area contributed by atoms with E-state index in [2.05, 4.69) is 12.1 Å². The number of hydrogen-bond donors (Lipinski definition) is 0. The van der Waals surface area contributed by atoms with Gasteiger partial charge in [0.25, 0.3) is 0 Å². The number of ether oxygens (including phenoxy) is 1. The molecule has 0 spiro atoms. The normalized spacial score (nSPS) is 18.9. The largest absolute Gasteiger partial charge is 0.483 e. The molecule has 1 aliphatic carbocycles. The summed E-state index contributed by atoms with van der Waals surface area (Å²) in [5.74, 6) is -3.48. The van der Waals surface area contributed by atoms with Gasteiger partial charge in [-0.3, -0.25) is 0 Å². The van der Waals surface area contributed by atoms with E-state index in [9.17, 15) is 17.6 Å². The smallest absolute Gasteiger partial charge is 0.191 e. The lowest BCUT2D eigenvalue weighted by molar-refractivity contribution is 0.272. The Morgan fingerprint density at radius 2 is 1.23 bits per heavy atom. The second-order valence-electron chi connectivity index (χ2n) is 7.81. The molecule has 0 bridgehead atoms. The van der Waals surface area contributed by atoms with Crippen LogP contribution in [0.15, 0.2) is 60.7 Å².